The number of sulfone groups is 1. The van der Waals surface area contributed by atoms with Gasteiger partial charge >= 0.3 is 0 Å². The summed E-state index contributed by atoms with van der Waals surface area (Å²) >= 11 is 1.34. The predicted octanol–water partition coefficient (Wildman–Crippen LogP) is 2.80. The number of hydrogen-bond donors (Lipinski definition) is 0. The summed E-state index contributed by atoms with van der Waals surface area (Å²) in [4.78, 5) is 25.0. The van der Waals surface area contributed by atoms with Crippen molar-refractivity contribution in [2.45, 2.75) is 13.8 Å². The van der Waals surface area contributed by atoms with Crippen LogP contribution < -0.4 is 4.90 Å². The average molecular weight is 394 g/mol. The number of amides is 1. The molecule has 2 rings (SSSR count). The quantitative estimate of drug-likeness (QED) is 0.405. The van der Waals surface area contributed by atoms with Crippen LogP contribution in [0.15, 0.2) is 29.6 Å². The van der Waals surface area contributed by atoms with Gasteiger partial charge in [0, 0.05) is 35.8 Å². The van der Waals surface area contributed by atoms with E-state index in [1.165, 1.54) is 23.2 Å². The molecule has 0 bridgehead atoms. The van der Waals surface area contributed by atoms with Crippen molar-refractivity contribution in [2.75, 3.05) is 23.6 Å². The van der Waals surface area contributed by atoms with E-state index in [1.54, 1.807) is 32.4 Å². The van der Waals surface area contributed by atoms with E-state index in [4.69, 9.17) is 5.53 Å². The maximum absolute atomic E-state index is 12.6. The van der Waals surface area contributed by atoms with E-state index in [-0.39, 0.29) is 11.7 Å². The second-order valence-corrected chi connectivity index (χ2v) is 8.78. The summed E-state index contributed by atoms with van der Waals surface area (Å²) in [5.74, 6) is -2.17. The first kappa shape index (κ1) is 19.8. The molecule has 2 aromatic rings. The highest BCUT2D eigenvalue weighted by molar-refractivity contribution is 7.91. The fourth-order valence-corrected chi connectivity index (χ4v) is 4.62. The molecule has 0 aliphatic carbocycles. The van der Waals surface area contributed by atoms with Crippen molar-refractivity contribution in [1.82, 2.24) is 9.97 Å². The van der Waals surface area contributed by atoms with Crippen molar-refractivity contribution in [3.63, 3.8) is 0 Å². The maximum Gasteiger partial charge on any atom is 0.231 e. The fourth-order valence-electron chi connectivity index (χ4n) is 2.36. The fraction of sp³-hybridized carbons (Fsp3) is 0.400. The molecule has 2 heterocycles. The summed E-state index contributed by atoms with van der Waals surface area (Å²) in [5.41, 5.74) is 9.77. The molecule has 1 amide bonds. The van der Waals surface area contributed by atoms with Crippen LogP contribution >= 0.6 is 11.3 Å². The van der Waals surface area contributed by atoms with Crippen molar-refractivity contribution in [3.05, 3.63) is 40.7 Å². The van der Waals surface area contributed by atoms with Gasteiger partial charge in [-0.1, -0.05) is 23.4 Å². The van der Waals surface area contributed by atoms with Gasteiger partial charge in [-0.15, -0.1) is 0 Å². The molecule has 0 radical (unpaired) electrons. The van der Waals surface area contributed by atoms with Gasteiger partial charge in [-0.3, -0.25) is 9.78 Å². The minimum absolute atomic E-state index is 0.348. The second kappa shape index (κ2) is 8.26. The molecule has 0 fully saturated rings. The number of thiazole rings is 1. The lowest BCUT2D eigenvalue weighted by molar-refractivity contribution is -0.121. The highest BCUT2D eigenvalue weighted by Gasteiger charge is 2.26. The summed E-state index contributed by atoms with van der Waals surface area (Å²) in [6.07, 6.45) is 3.35. The largest absolute Gasteiger partial charge is 0.305 e. The van der Waals surface area contributed by atoms with E-state index >= 15 is 0 Å². The Balaban J connectivity index is 2.18. The normalized spacial score (nSPS) is 12.3. The van der Waals surface area contributed by atoms with E-state index in [0.29, 0.717) is 10.7 Å². The zero-order valence-electron chi connectivity index (χ0n) is 14.5. The molecule has 1 atom stereocenters. The van der Waals surface area contributed by atoms with Crippen LogP contribution in [0.2, 0.25) is 0 Å². The minimum Gasteiger partial charge on any atom is -0.305 e. The molecule has 11 heteroatoms. The monoisotopic (exact) mass is 394 g/mol. The van der Waals surface area contributed by atoms with Crippen molar-refractivity contribution in [3.8, 4) is 10.6 Å². The van der Waals surface area contributed by atoms with Crippen molar-refractivity contribution < 1.29 is 13.2 Å². The standard InChI is InChI=1S/C15H18N6O3S2/c1-10(8-26(23,24)9-18-20-16)14(22)21(3)15-11(2)19-13(25-15)12-5-4-6-17-7-12/h4-7,10H,8-9H2,1-3H3. The van der Waals surface area contributed by atoms with E-state index in [9.17, 15) is 13.2 Å². The Morgan fingerprint density at radius 1 is 1.50 bits per heavy atom. The molecular formula is C15H18N6O3S2. The lowest BCUT2D eigenvalue weighted by atomic mass is 10.2. The third-order valence-electron chi connectivity index (χ3n) is 3.56. The Labute approximate surface area is 155 Å². The molecule has 0 spiro atoms. The number of pyridine rings is 1. The number of rotatable bonds is 7. The van der Waals surface area contributed by atoms with Gasteiger partial charge in [0.25, 0.3) is 0 Å². The van der Waals surface area contributed by atoms with Gasteiger partial charge in [0.05, 0.1) is 11.4 Å². The van der Waals surface area contributed by atoms with Crippen LogP contribution in [0.25, 0.3) is 21.0 Å². The van der Waals surface area contributed by atoms with Crippen LogP contribution in [0.3, 0.4) is 0 Å². The maximum atomic E-state index is 12.6. The Kier molecular flexibility index (Phi) is 6.30. The number of azide groups is 1. The number of nitrogens with zero attached hydrogens (tertiary/aromatic N) is 6. The van der Waals surface area contributed by atoms with Crippen molar-refractivity contribution >= 4 is 32.1 Å². The lowest BCUT2D eigenvalue weighted by Crippen LogP contribution is -2.35. The Hall–Kier alpha value is -2.49. The zero-order chi connectivity index (χ0) is 19.3. The first-order chi connectivity index (χ1) is 12.2. The molecule has 2 aromatic heterocycles. The Morgan fingerprint density at radius 2 is 2.23 bits per heavy atom. The molecule has 9 nitrogen and oxygen atoms in total. The number of aryl methyl sites for hydroxylation is 1. The molecule has 0 aliphatic rings. The van der Waals surface area contributed by atoms with Gasteiger partial charge in [0.15, 0.2) is 9.84 Å². The highest BCUT2D eigenvalue weighted by Crippen LogP contribution is 2.34. The first-order valence-corrected chi connectivity index (χ1v) is 10.3. The van der Waals surface area contributed by atoms with E-state index in [2.05, 4.69) is 20.0 Å². The zero-order valence-corrected chi connectivity index (χ0v) is 16.2. The second-order valence-electron chi connectivity index (χ2n) is 5.72. The summed E-state index contributed by atoms with van der Waals surface area (Å²) in [7, 11) is -2.05. The molecule has 0 N–H and O–H groups in total. The number of carbonyl (C=O) groups excluding carboxylic acids is 1. The third kappa shape index (κ3) is 4.78. The number of aromatic nitrogens is 2. The Bertz CT molecular complexity index is 936. The van der Waals surface area contributed by atoms with Gasteiger partial charge < -0.3 is 4.90 Å². The number of hydrogen-bond acceptors (Lipinski definition) is 7. The molecular weight excluding hydrogens is 376 g/mol. The molecule has 0 saturated carbocycles. The van der Waals surface area contributed by atoms with Crippen LogP contribution in [-0.4, -0.2) is 43.0 Å². The Morgan fingerprint density at radius 3 is 2.85 bits per heavy atom. The molecule has 0 saturated heterocycles. The summed E-state index contributed by atoms with van der Waals surface area (Å²) in [6, 6.07) is 3.68. The summed E-state index contributed by atoms with van der Waals surface area (Å²) in [5, 5.41) is 4.44. The van der Waals surface area contributed by atoms with E-state index in [1.807, 2.05) is 6.07 Å². The average Bonchev–Trinajstić information content (AvgIpc) is 3.01. The van der Waals surface area contributed by atoms with Gasteiger partial charge in [-0.2, -0.15) is 0 Å². The molecule has 1 unspecified atom stereocenters. The van der Waals surface area contributed by atoms with Crippen LogP contribution in [0.5, 0.6) is 0 Å². The summed E-state index contributed by atoms with van der Waals surface area (Å²) in [6.45, 7) is 3.32. The van der Waals surface area contributed by atoms with Crippen LogP contribution in [0.4, 0.5) is 5.00 Å². The predicted molar refractivity (Wildman–Crippen MR) is 100 cm³/mol. The van der Waals surface area contributed by atoms with Gasteiger partial charge in [-0.25, -0.2) is 13.4 Å². The van der Waals surface area contributed by atoms with Gasteiger partial charge in [0.2, 0.25) is 5.91 Å². The molecule has 138 valence electrons. The lowest BCUT2D eigenvalue weighted by Gasteiger charge is -2.20. The third-order valence-corrected chi connectivity index (χ3v) is 6.36. The van der Waals surface area contributed by atoms with E-state index in [0.717, 1.165) is 10.6 Å². The molecule has 0 aliphatic heterocycles. The molecule has 0 aromatic carbocycles. The summed E-state index contributed by atoms with van der Waals surface area (Å²) < 4.78 is 23.7. The topological polar surface area (TPSA) is 129 Å². The van der Waals surface area contributed by atoms with Crippen LogP contribution in [-0.2, 0) is 14.6 Å². The number of carbonyl (C=O) groups is 1. The van der Waals surface area contributed by atoms with Crippen LogP contribution in [0.1, 0.15) is 12.6 Å². The highest BCUT2D eigenvalue weighted by atomic mass is 32.2. The van der Waals surface area contributed by atoms with E-state index < -0.39 is 21.6 Å². The first-order valence-electron chi connectivity index (χ1n) is 7.62. The van der Waals surface area contributed by atoms with Crippen LogP contribution in [0, 0.1) is 12.8 Å². The SMILES string of the molecule is Cc1nc(-c2cccnc2)sc1N(C)C(=O)C(C)CS(=O)(=O)CN=[N+]=[N-]. The molecule has 26 heavy (non-hydrogen) atoms. The van der Waals surface area contributed by atoms with Gasteiger partial charge in [-0.05, 0) is 24.6 Å². The van der Waals surface area contributed by atoms with Crippen molar-refractivity contribution in [1.29, 1.82) is 0 Å². The minimum atomic E-state index is -3.64. The smallest absolute Gasteiger partial charge is 0.231 e. The van der Waals surface area contributed by atoms with Crippen molar-refractivity contribution in [2.24, 2.45) is 11.0 Å². The number of anilines is 1. The van der Waals surface area contributed by atoms with Gasteiger partial charge in [0.1, 0.15) is 15.9 Å².